The number of halogens is 3. The van der Waals surface area contributed by atoms with Crippen LogP contribution in [0, 0.1) is 11.8 Å². The van der Waals surface area contributed by atoms with Crippen molar-refractivity contribution < 1.29 is 41.1 Å². The van der Waals surface area contributed by atoms with Crippen LogP contribution in [0.25, 0.3) is 17.2 Å². The van der Waals surface area contributed by atoms with E-state index in [2.05, 4.69) is 11.4 Å². The molecule has 4 aromatic rings. The molecule has 2 aliphatic heterocycles. The Labute approximate surface area is 350 Å². The second-order valence-corrected chi connectivity index (χ2v) is 16.9. The molecule has 4 N–H and O–H groups in total. The van der Waals surface area contributed by atoms with Gasteiger partial charge in [-0.3, -0.25) is 9.59 Å². The van der Waals surface area contributed by atoms with Crippen molar-refractivity contribution >= 4 is 33.9 Å². The summed E-state index contributed by atoms with van der Waals surface area (Å²) in [6.07, 6.45) is 7.56. The number of nitrogens with two attached hydrogens (primary N) is 1. The zero-order chi connectivity index (χ0) is 43.1. The lowest BCUT2D eigenvalue weighted by molar-refractivity contribution is -0.192. The normalized spacial score (nSPS) is 15.3. The molecule has 0 saturated carbocycles. The molecule has 0 aliphatic carbocycles. The average Bonchev–Trinajstić information content (AvgIpc) is 3.25. The van der Waals surface area contributed by atoms with Crippen LogP contribution in [0.4, 0.5) is 13.2 Å². The zero-order valence-corrected chi connectivity index (χ0v) is 34.3. The minimum Gasteiger partial charge on any atom is -0.475 e. The Bertz CT molecular complexity index is 2170. The number of nitrogens with one attached hydrogen (secondary N) is 1. The van der Waals surface area contributed by atoms with Crippen LogP contribution in [0.3, 0.4) is 0 Å². The van der Waals surface area contributed by atoms with Crippen LogP contribution in [0.15, 0.2) is 114 Å². The van der Waals surface area contributed by atoms with E-state index in [0.717, 1.165) is 72.8 Å². The molecule has 2 aliphatic rings. The van der Waals surface area contributed by atoms with Gasteiger partial charge in [0.2, 0.25) is 15.9 Å². The Morgan fingerprint density at radius 3 is 2.02 bits per heavy atom. The molecule has 0 radical (unpaired) electrons. The molecular weight excluding hydrogens is 794 g/mol. The number of amides is 2. The molecule has 2 saturated heterocycles. The Morgan fingerprint density at radius 2 is 1.40 bits per heavy atom. The van der Waals surface area contributed by atoms with E-state index in [0.29, 0.717) is 31.0 Å². The molecule has 6 rings (SSSR count). The van der Waals surface area contributed by atoms with Gasteiger partial charge in [-0.25, -0.2) is 18.4 Å². The first-order chi connectivity index (χ1) is 28.7. The summed E-state index contributed by atoms with van der Waals surface area (Å²) in [7, 11) is -3.78. The summed E-state index contributed by atoms with van der Waals surface area (Å²) >= 11 is 0. The molecule has 0 aromatic heterocycles. The average molecular weight is 847 g/mol. The quantitative estimate of drug-likeness (QED) is 0.109. The number of carboxylic acids is 1. The van der Waals surface area contributed by atoms with Gasteiger partial charge in [-0.1, -0.05) is 92.1 Å². The van der Waals surface area contributed by atoms with Gasteiger partial charge in [-0.15, -0.1) is 0 Å². The lowest BCUT2D eigenvalue weighted by Gasteiger charge is -2.32. The largest absolute Gasteiger partial charge is 0.490 e. The predicted octanol–water partition coefficient (Wildman–Crippen LogP) is 7.94. The van der Waals surface area contributed by atoms with Gasteiger partial charge in [-0.2, -0.15) is 13.2 Å². The first-order valence-corrected chi connectivity index (χ1v) is 21.8. The summed E-state index contributed by atoms with van der Waals surface area (Å²) in [5, 5.41) is 15.9. The first-order valence-electron chi connectivity index (χ1n) is 20.3. The molecule has 320 valence electrons. The van der Waals surface area contributed by atoms with Crippen molar-refractivity contribution in [3.63, 3.8) is 0 Å². The molecule has 0 unspecified atom stereocenters. The summed E-state index contributed by atoms with van der Waals surface area (Å²) in [6.45, 7) is 4.76. The minimum atomic E-state index is -5.08. The molecular formula is C46H53F3N4O6S. The van der Waals surface area contributed by atoms with Crippen LogP contribution in [0.5, 0.6) is 0 Å². The number of carbonyl (C=O) groups is 3. The van der Waals surface area contributed by atoms with Crippen molar-refractivity contribution in [3.05, 3.63) is 131 Å². The summed E-state index contributed by atoms with van der Waals surface area (Å²) in [4.78, 5) is 40.0. The zero-order valence-electron chi connectivity index (χ0n) is 33.5. The van der Waals surface area contributed by atoms with Crippen LogP contribution in [-0.2, 0) is 32.6 Å². The number of likely N-dealkylation sites (tertiary alicyclic amines) is 1. The predicted molar refractivity (Wildman–Crippen MR) is 226 cm³/mol. The van der Waals surface area contributed by atoms with E-state index in [-0.39, 0.29) is 16.7 Å². The van der Waals surface area contributed by atoms with Crippen molar-refractivity contribution in [3.8, 4) is 11.1 Å². The lowest BCUT2D eigenvalue weighted by Crippen LogP contribution is -2.38. The van der Waals surface area contributed by atoms with E-state index < -0.39 is 22.2 Å². The third-order valence-corrected chi connectivity index (χ3v) is 12.0. The second kappa shape index (κ2) is 21.8. The number of alkyl halides is 3. The van der Waals surface area contributed by atoms with Crippen LogP contribution < -0.4 is 10.5 Å². The number of carboxylic acid groups (broad SMARTS) is 1. The van der Waals surface area contributed by atoms with Gasteiger partial charge in [0.25, 0.3) is 5.91 Å². The fourth-order valence-electron chi connectivity index (χ4n) is 7.59. The Hall–Kier alpha value is -5.31. The Balaban J connectivity index is 0.000000896. The number of sulfonamides is 1. The highest BCUT2D eigenvalue weighted by atomic mass is 32.2. The molecule has 2 heterocycles. The highest BCUT2D eigenvalue weighted by Crippen LogP contribution is 2.28. The highest BCUT2D eigenvalue weighted by Gasteiger charge is 2.38. The molecule has 60 heavy (non-hydrogen) atoms. The standard InChI is InChI=1S/C44H52N4O4S.C2HF3O2/c45-53(51,52)42-18-15-37(16-19-42)25-30-48(43(49)20-17-34-7-2-1-3-8-34)33-38-11-5-12-39(31-38)40-13-6-14-41(32-40)44(50)47-28-23-36(24-29-47)10-4-9-35-21-26-46-27-22-35;3-2(4,5)1(6)7/h1-3,5-8,11-20,31-32,35-36,46H,4,9-10,21-30,33H2,(H2,45,51,52);(H,6,7)/b20-17+;. The van der Waals surface area contributed by atoms with E-state index in [1.807, 2.05) is 83.8 Å². The smallest absolute Gasteiger partial charge is 0.475 e. The number of benzene rings is 4. The molecule has 14 heteroatoms. The van der Waals surface area contributed by atoms with Gasteiger partial charge in [0.1, 0.15) is 0 Å². The van der Waals surface area contributed by atoms with Gasteiger partial charge in [0.05, 0.1) is 4.90 Å². The third kappa shape index (κ3) is 14.5. The summed E-state index contributed by atoms with van der Waals surface area (Å²) in [5.41, 5.74) is 5.44. The molecule has 2 fully saturated rings. The Kier molecular flexibility index (Phi) is 16.6. The summed E-state index contributed by atoms with van der Waals surface area (Å²) in [6, 6.07) is 32.2. The van der Waals surface area contributed by atoms with E-state index in [1.54, 1.807) is 23.1 Å². The van der Waals surface area contributed by atoms with Crippen molar-refractivity contribution in [1.29, 1.82) is 0 Å². The Morgan fingerprint density at radius 1 is 0.800 bits per heavy atom. The minimum absolute atomic E-state index is 0.0563. The maximum Gasteiger partial charge on any atom is 0.490 e. The summed E-state index contributed by atoms with van der Waals surface area (Å²) < 4.78 is 55.2. The van der Waals surface area contributed by atoms with E-state index in [1.165, 1.54) is 44.2 Å². The van der Waals surface area contributed by atoms with Gasteiger partial charge in [0.15, 0.2) is 0 Å². The maximum atomic E-state index is 13.7. The number of aliphatic carboxylic acids is 1. The number of rotatable bonds is 14. The van der Waals surface area contributed by atoms with Crippen molar-refractivity contribution in [2.24, 2.45) is 17.0 Å². The van der Waals surface area contributed by atoms with Gasteiger partial charge in [0, 0.05) is 37.8 Å². The fourth-order valence-corrected chi connectivity index (χ4v) is 8.10. The molecule has 0 atom stereocenters. The van der Waals surface area contributed by atoms with E-state index in [9.17, 15) is 31.2 Å². The number of primary sulfonamides is 1. The molecule has 4 aromatic carbocycles. The van der Waals surface area contributed by atoms with E-state index in [4.69, 9.17) is 15.0 Å². The number of hydrogen-bond acceptors (Lipinski definition) is 6. The second-order valence-electron chi connectivity index (χ2n) is 15.4. The molecule has 0 bridgehead atoms. The molecule has 2 amide bonds. The van der Waals surface area contributed by atoms with E-state index >= 15 is 0 Å². The topological polar surface area (TPSA) is 150 Å². The SMILES string of the molecule is NS(=O)(=O)c1ccc(CCN(Cc2cccc(-c3cccc(C(=O)N4CCC(CCCC5CCNCC5)CC4)c3)c2)C(=O)/C=C/c2ccccc2)cc1.O=C(O)C(F)(F)F. The van der Waals surface area contributed by atoms with Crippen LogP contribution in [0.2, 0.25) is 0 Å². The van der Waals surface area contributed by atoms with Crippen molar-refractivity contribution in [1.82, 2.24) is 15.1 Å². The van der Waals surface area contributed by atoms with Crippen LogP contribution in [-0.4, -0.2) is 80.0 Å². The number of hydrogen-bond donors (Lipinski definition) is 3. The third-order valence-electron chi connectivity index (χ3n) is 11.0. The molecule has 0 spiro atoms. The molecule has 10 nitrogen and oxygen atoms in total. The summed E-state index contributed by atoms with van der Waals surface area (Å²) in [5.74, 6) is -1.20. The number of carbonyl (C=O) groups excluding carboxylic acids is 2. The van der Waals surface area contributed by atoms with Crippen molar-refractivity contribution in [2.45, 2.75) is 69.0 Å². The first kappa shape index (κ1) is 45.8. The fraction of sp³-hybridized carbons (Fsp3) is 0.370. The van der Waals surface area contributed by atoms with Gasteiger partial charge >= 0.3 is 12.1 Å². The van der Waals surface area contributed by atoms with Gasteiger partial charge in [-0.05, 0) is 121 Å². The monoisotopic (exact) mass is 846 g/mol. The van der Waals surface area contributed by atoms with Crippen LogP contribution >= 0.6 is 0 Å². The van der Waals surface area contributed by atoms with Gasteiger partial charge < -0.3 is 20.2 Å². The van der Waals surface area contributed by atoms with Crippen LogP contribution in [0.1, 0.15) is 72.0 Å². The number of piperidine rings is 2. The number of nitrogens with zero attached hydrogens (tertiary/aromatic N) is 2. The highest BCUT2D eigenvalue weighted by molar-refractivity contribution is 7.89. The maximum absolute atomic E-state index is 13.7. The lowest BCUT2D eigenvalue weighted by atomic mass is 9.87. The van der Waals surface area contributed by atoms with Crippen molar-refractivity contribution in [2.75, 3.05) is 32.7 Å².